The van der Waals surface area contributed by atoms with Crippen molar-refractivity contribution >= 4 is 0 Å². The molecule has 3 heteroatoms. The van der Waals surface area contributed by atoms with E-state index in [0.29, 0.717) is 11.3 Å². The quantitative estimate of drug-likeness (QED) is 0.739. The molecule has 1 rings (SSSR count). The van der Waals surface area contributed by atoms with Crippen LogP contribution in [0, 0.1) is 11.3 Å². The fourth-order valence-corrected chi connectivity index (χ4v) is 2.05. The zero-order valence-corrected chi connectivity index (χ0v) is 12.0. The second-order valence-corrected chi connectivity index (χ2v) is 5.68. The maximum Gasteiger partial charge on any atom is 0.0521 e. The molecule has 0 aliphatic rings. The number of aryl methyl sites for hydroxylation is 1. The van der Waals surface area contributed by atoms with E-state index < -0.39 is 0 Å². The van der Waals surface area contributed by atoms with Crippen molar-refractivity contribution in [1.82, 2.24) is 15.1 Å². The summed E-state index contributed by atoms with van der Waals surface area (Å²) in [6.45, 7) is 11.4. The lowest BCUT2D eigenvalue weighted by atomic mass is 9.75. The van der Waals surface area contributed by atoms with Crippen molar-refractivity contribution in [2.45, 2.75) is 40.5 Å². The number of rotatable bonds is 7. The molecule has 0 radical (unpaired) electrons. The van der Waals surface area contributed by atoms with Gasteiger partial charge in [0.05, 0.1) is 6.20 Å². The molecule has 98 valence electrons. The van der Waals surface area contributed by atoms with Crippen LogP contribution in [-0.4, -0.2) is 22.9 Å². The van der Waals surface area contributed by atoms with Crippen LogP contribution in [0.1, 0.15) is 39.7 Å². The minimum atomic E-state index is 0.304. The Morgan fingerprint density at radius 3 is 2.65 bits per heavy atom. The van der Waals surface area contributed by atoms with E-state index in [1.165, 1.54) is 12.0 Å². The first-order valence-corrected chi connectivity index (χ1v) is 6.66. The summed E-state index contributed by atoms with van der Waals surface area (Å²) in [5.74, 6) is 0.659. The van der Waals surface area contributed by atoms with Gasteiger partial charge in [-0.15, -0.1) is 0 Å². The topological polar surface area (TPSA) is 29.9 Å². The van der Waals surface area contributed by atoms with Crippen LogP contribution in [0.5, 0.6) is 0 Å². The molecule has 0 fully saturated rings. The van der Waals surface area contributed by atoms with E-state index >= 15 is 0 Å². The molecule has 0 aliphatic heterocycles. The predicted molar refractivity (Wildman–Crippen MR) is 73.0 cm³/mol. The molecule has 1 unspecified atom stereocenters. The summed E-state index contributed by atoms with van der Waals surface area (Å²) in [6, 6.07) is 0. The van der Waals surface area contributed by atoms with E-state index in [-0.39, 0.29) is 0 Å². The van der Waals surface area contributed by atoms with Gasteiger partial charge in [0.2, 0.25) is 0 Å². The van der Waals surface area contributed by atoms with E-state index in [1.54, 1.807) is 0 Å². The van der Waals surface area contributed by atoms with Gasteiger partial charge in [0.15, 0.2) is 0 Å². The van der Waals surface area contributed by atoms with Gasteiger partial charge in [-0.1, -0.05) is 27.7 Å². The predicted octanol–water partition coefficient (Wildman–Crippen LogP) is 2.62. The molecule has 0 spiro atoms. The molecule has 0 saturated carbocycles. The highest BCUT2D eigenvalue weighted by atomic mass is 15.2. The molecule has 0 saturated heterocycles. The van der Waals surface area contributed by atoms with Crippen LogP contribution in [-0.2, 0) is 13.5 Å². The maximum atomic E-state index is 4.25. The first-order valence-electron chi connectivity index (χ1n) is 6.66. The van der Waals surface area contributed by atoms with E-state index in [4.69, 9.17) is 0 Å². The second kappa shape index (κ2) is 6.20. The minimum Gasteiger partial charge on any atom is -0.316 e. The van der Waals surface area contributed by atoms with Crippen LogP contribution in [0.3, 0.4) is 0 Å². The summed E-state index contributed by atoms with van der Waals surface area (Å²) < 4.78 is 1.88. The lowest BCUT2D eigenvalue weighted by Crippen LogP contribution is -2.38. The maximum absolute atomic E-state index is 4.25. The summed E-state index contributed by atoms with van der Waals surface area (Å²) in [6.07, 6.45) is 6.40. The molecular formula is C14H27N3. The molecule has 3 nitrogen and oxygen atoms in total. The van der Waals surface area contributed by atoms with Crippen LogP contribution in [0.25, 0.3) is 0 Å². The minimum absolute atomic E-state index is 0.304. The third kappa shape index (κ3) is 4.15. The summed E-state index contributed by atoms with van der Waals surface area (Å²) in [5, 5.41) is 7.81. The molecular weight excluding hydrogens is 210 g/mol. The Morgan fingerprint density at radius 1 is 1.47 bits per heavy atom. The highest BCUT2D eigenvalue weighted by molar-refractivity contribution is 5.07. The van der Waals surface area contributed by atoms with Gasteiger partial charge in [-0.05, 0) is 36.3 Å². The normalized spacial score (nSPS) is 15.2. The lowest BCUT2D eigenvalue weighted by Gasteiger charge is -2.34. The molecule has 0 aromatic carbocycles. The van der Waals surface area contributed by atoms with Gasteiger partial charge in [-0.2, -0.15) is 5.10 Å². The number of aromatic nitrogens is 2. The molecule has 0 bridgehead atoms. The third-order valence-electron chi connectivity index (χ3n) is 3.72. The molecule has 1 N–H and O–H groups in total. The zero-order chi connectivity index (χ0) is 12.9. The number of hydrogen-bond donors (Lipinski definition) is 1. The van der Waals surface area contributed by atoms with Gasteiger partial charge in [0, 0.05) is 19.8 Å². The molecule has 1 heterocycles. The number of nitrogens with one attached hydrogen (secondary N) is 1. The summed E-state index contributed by atoms with van der Waals surface area (Å²) in [5.41, 5.74) is 1.64. The van der Waals surface area contributed by atoms with Crippen molar-refractivity contribution in [2.75, 3.05) is 13.1 Å². The van der Waals surface area contributed by atoms with Gasteiger partial charge >= 0.3 is 0 Å². The summed E-state index contributed by atoms with van der Waals surface area (Å²) in [7, 11) is 1.98. The summed E-state index contributed by atoms with van der Waals surface area (Å²) in [4.78, 5) is 0. The molecule has 0 amide bonds. The molecule has 1 aromatic heterocycles. The Labute approximate surface area is 106 Å². The smallest absolute Gasteiger partial charge is 0.0521 e. The van der Waals surface area contributed by atoms with Crippen molar-refractivity contribution in [3.05, 3.63) is 18.0 Å². The fourth-order valence-electron chi connectivity index (χ4n) is 2.05. The van der Waals surface area contributed by atoms with Crippen molar-refractivity contribution in [3.8, 4) is 0 Å². The average molecular weight is 237 g/mol. The highest BCUT2D eigenvalue weighted by Gasteiger charge is 2.28. The monoisotopic (exact) mass is 237 g/mol. The van der Waals surface area contributed by atoms with Crippen molar-refractivity contribution in [2.24, 2.45) is 18.4 Å². The first kappa shape index (κ1) is 14.2. The Hall–Kier alpha value is -0.830. The van der Waals surface area contributed by atoms with E-state index in [1.807, 2.05) is 17.9 Å². The summed E-state index contributed by atoms with van der Waals surface area (Å²) >= 11 is 0. The molecule has 0 aliphatic carbocycles. The Bertz CT molecular complexity index is 330. The van der Waals surface area contributed by atoms with E-state index in [0.717, 1.165) is 19.5 Å². The van der Waals surface area contributed by atoms with E-state index in [9.17, 15) is 0 Å². The van der Waals surface area contributed by atoms with Crippen molar-refractivity contribution < 1.29 is 0 Å². The van der Waals surface area contributed by atoms with Gasteiger partial charge in [0.1, 0.15) is 0 Å². The van der Waals surface area contributed by atoms with Crippen LogP contribution < -0.4 is 5.32 Å². The van der Waals surface area contributed by atoms with Crippen LogP contribution >= 0.6 is 0 Å². The fraction of sp³-hybridized carbons (Fsp3) is 0.786. The second-order valence-electron chi connectivity index (χ2n) is 5.68. The van der Waals surface area contributed by atoms with Gasteiger partial charge in [-0.25, -0.2) is 0 Å². The van der Waals surface area contributed by atoms with Crippen LogP contribution in [0.15, 0.2) is 12.4 Å². The SMILES string of the molecule is CCCNCC(C)(Cc1cnn(C)c1)C(C)C. The molecule has 1 atom stereocenters. The largest absolute Gasteiger partial charge is 0.316 e. The van der Waals surface area contributed by atoms with Gasteiger partial charge < -0.3 is 5.32 Å². The third-order valence-corrected chi connectivity index (χ3v) is 3.72. The zero-order valence-electron chi connectivity index (χ0n) is 12.0. The Morgan fingerprint density at radius 2 is 2.18 bits per heavy atom. The van der Waals surface area contributed by atoms with Crippen LogP contribution in [0.2, 0.25) is 0 Å². The van der Waals surface area contributed by atoms with Crippen molar-refractivity contribution in [3.63, 3.8) is 0 Å². The lowest BCUT2D eigenvalue weighted by molar-refractivity contribution is 0.207. The number of nitrogens with zero attached hydrogens (tertiary/aromatic N) is 2. The Balaban J connectivity index is 2.64. The Kier molecular flexibility index (Phi) is 5.19. The number of hydrogen-bond acceptors (Lipinski definition) is 2. The van der Waals surface area contributed by atoms with Crippen molar-refractivity contribution in [1.29, 1.82) is 0 Å². The average Bonchev–Trinajstić information content (AvgIpc) is 2.64. The van der Waals surface area contributed by atoms with Crippen LogP contribution in [0.4, 0.5) is 0 Å². The molecule has 17 heavy (non-hydrogen) atoms. The molecule has 1 aromatic rings. The van der Waals surface area contributed by atoms with E-state index in [2.05, 4.69) is 44.3 Å². The van der Waals surface area contributed by atoms with Gasteiger partial charge in [0.25, 0.3) is 0 Å². The van der Waals surface area contributed by atoms with Gasteiger partial charge in [-0.3, -0.25) is 4.68 Å². The standard InChI is InChI=1S/C14H27N3/c1-6-7-15-11-14(4,12(2)3)8-13-9-16-17(5)10-13/h9-10,12,15H,6-8,11H2,1-5H3. The first-order chi connectivity index (χ1) is 7.98. The highest BCUT2D eigenvalue weighted by Crippen LogP contribution is 2.30.